The second kappa shape index (κ2) is 7.37. The first-order valence-corrected chi connectivity index (χ1v) is 13.6. The van der Waals surface area contributed by atoms with Crippen molar-refractivity contribution in [2.24, 2.45) is 0 Å². The van der Waals surface area contributed by atoms with Crippen LogP contribution >= 0.6 is 11.3 Å². The SMILES string of the molecule is c1ccc(-n2c3ccccc3c3ccc4c5nccnc5c5cc6sc7ccccc7c6cc5c4c32)cc1. The van der Waals surface area contributed by atoms with Crippen LogP contribution in [0.1, 0.15) is 0 Å². The first-order chi connectivity index (χ1) is 18.9. The van der Waals surface area contributed by atoms with Gasteiger partial charge in [0, 0.05) is 65.2 Å². The Balaban J connectivity index is 1.63. The van der Waals surface area contributed by atoms with Crippen molar-refractivity contribution in [3.05, 3.63) is 116 Å². The third-order valence-electron chi connectivity index (χ3n) is 7.85. The van der Waals surface area contributed by atoms with Crippen LogP contribution in [0, 0.1) is 0 Å². The van der Waals surface area contributed by atoms with Crippen LogP contribution in [0.2, 0.25) is 0 Å². The normalized spacial score (nSPS) is 12.2. The Labute approximate surface area is 221 Å². The van der Waals surface area contributed by atoms with Gasteiger partial charge in [-0.2, -0.15) is 0 Å². The van der Waals surface area contributed by atoms with Crippen LogP contribution in [0.25, 0.3) is 80.2 Å². The highest BCUT2D eigenvalue weighted by Crippen LogP contribution is 2.45. The summed E-state index contributed by atoms with van der Waals surface area (Å²) in [5.41, 5.74) is 5.47. The number of fused-ring (bicyclic) bond motifs is 13. The van der Waals surface area contributed by atoms with E-state index in [4.69, 9.17) is 9.97 Å². The molecule has 0 atom stereocenters. The highest BCUT2D eigenvalue weighted by Gasteiger charge is 2.20. The molecule has 0 unspecified atom stereocenters. The molecule has 0 aliphatic rings. The van der Waals surface area contributed by atoms with Gasteiger partial charge in [0.15, 0.2) is 0 Å². The minimum atomic E-state index is 0.947. The molecule has 6 aromatic carbocycles. The quantitative estimate of drug-likeness (QED) is 0.210. The number of hydrogen-bond donors (Lipinski definition) is 0. The second-order valence-electron chi connectivity index (χ2n) is 9.82. The highest BCUT2D eigenvalue weighted by molar-refractivity contribution is 7.25. The number of hydrogen-bond acceptors (Lipinski definition) is 3. The Morgan fingerprint density at radius 3 is 2.08 bits per heavy atom. The van der Waals surface area contributed by atoms with Gasteiger partial charge in [0.05, 0.1) is 22.1 Å². The second-order valence-corrected chi connectivity index (χ2v) is 10.9. The van der Waals surface area contributed by atoms with E-state index in [-0.39, 0.29) is 0 Å². The standard InChI is InChI=1S/C34H19N3S/c1-2-8-20(9-3-1)37-28-12-6-4-10-21(28)23-14-15-24-31(34(23)37)26-18-25-22-11-5-7-13-29(22)38-30(25)19-27(26)33-32(24)35-16-17-36-33/h1-19H. The number of aromatic nitrogens is 3. The molecule has 9 rings (SSSR count). The van der Waals surface area contributed by atoms with E-state index in [2.05, 4.69) is 108 Å². The number of rotatable bonds is 1. The van der Waals surface area contributed by atoms with Crippen LogP contribution in [-0.4, -0.2) is 14.5 Å². The fourth-order valence-corrected chi connectivity index (χ4v) is 7.41. The van der Waals surface area contributed by atoms with E-state index in [0.717, 1.165) is 27.5 Å². The molecule has 0 radical (unpaired) electrons. The van der Waals surface area contributed by atoms with Crippen LogP contribution in [0.5, 0.6) is 0 Å². The molecule has 3 aromatic heterocycles. The van der Waals surface area contributed by atoms with Gasteiger partial charge in [0.25, 0.3) is 0 Å². The molecule has 0 amide bonds. The van der Waals surface area contributed by atoms with Crippen molar-refractivity contribution in [2.75, 3.05) is 0 Å². The van der Waals surface area contributed by atoms with Crippen molar-refractivity contribution < 1.29 is 0 Å². The van der Waals surface area contributed by atoms with Gasteiger partial charge in [0.2, 0.25) is 0 Å². The van der Waals surface area contributed by atoms with Crippen molar-refractivity contribution in [3.8, 4) is 5.69 Å². The van der Waals surface area contributed by atoms with E-state index in [1.807, 2.05) is 23.7 Å². The van der Waals surface area contributed by atoms with Crippen molar-refractivity contribution in [1.29, 1.82) is 0 Å². The first-order valence-electron chi connectivity index (χ1n) is 12.8. The third kappa shape index (κ3) is 2.57. The Bertz CT molecular complexity index is 2400. The van der Waals surface area contributed by atoms with Crippen LogP contribution in [0.15, 0.2) is 116 Å². The van der Waals surface area contributed by atoms with Gasteiger partial charge in [-0.15, -0.1) is 11.3 Å². The molecule has 9 aromatic rings. The maximum Gasteiger partial charge on any atom is 0.0972 e. The molecular formula is C34H19N3S. The zero-order chi connectivity index (χ0) is 24.8. The van der Waals surface area contributed by atoms with Crippen LogP contribution in [-0.2, 0) is 0 Å². The lowest BCUT2D eigenvalue weighted by molar-refractivity contribution is 1.19. The van der Waals surface area contributed by atoms with E-state index in [0.29, 0.717) is 0 Å². The molecule has 176 valence electrons. The average molecular weight is 502 g/mol. The van der Waals surface area contributed by atoms with Gasteiger partial charge in [0.1, 0.15) is 0 Å². The molecule has 0 spiro atoms. The summed E-state index contributed by atoms with van der Waals surface area (Å²) in [6.45, 7) is 0. The lowest BCUT2D eigenvalue weighted by Crippen LogP contribution is -1.95. The summed E-state index contributed by atoms with van der Waals surface area (Å²) in [6.07, 6.45) is 3.62. The molecule has 0 N–H and O–H groups in total. The molecule has 4 heteroatoms. The van der Waals surface area contributed by atoms with E-state index in [1.165, 1.54) is 52.8 Å². The molecule has 0 aliphatic heterocycles. The minimum absolute atomic E-state index is 0.947. The molecule has 0 saturated heterocycles. The van der Waals surface area contributed by atoms with Crippen LogP contribution in [0.4, 0.5) is 0 Å². The molecule has 3 heterocycles. The summed E-state index contributed by atoms with van der Waals surface area (Å²) in [6, 6.07) is 37.3. The molecule has 0 aliphatic carbocycles. The van der Waals surface area contributed by atoms with Gasteiger partial charge < -0.3 is 4.57 Å². The predicted octanol–water partition coefficient (Wildman–Crippen LogP) is 9.40. The summed E-state index contributed by atoms with van der Waals surface area (Å²) in [5, 5.41) is 9.82. The first kappa shape index (κ1) is 20.3. The molecule has 38 heavy (non-hydrogen) atoms. The highest BCUT2D eigenvalue weighted by atomic mass is 32.1. The maximum absolute atomic E-state index is 4.88. The number of para-hydroxylation sites is 2. The Morgan fingerprint density at radius 2 is 1.21 bits per heavy atom. The topological polar surface area (TPSA) is 30.7 Å². The largest absolute Gasteiger partial charge is 0.309 e. The van der Waals surface area contributed by atoms with E-state index in [1.54, 1.807) is 0 Å². The smallest absolute Gasteiger partial charge is 0.0972 e. The summed E-state index contributed by atoms with van der Waals surface area (Å²) in [7, 11) is 0. The summed E-state index contributed by atoms with van der Waals surface area (Å²) >= 11 is 1.84. The average Bonchev–Trinajstić information content (AvgIpc) is 3.52. The molecule has 0 saturated carbocycles. The number of benzene rings is 6. The van der Waals surface area contributed by atoms with Gasteiger partial charge >= 0.3 is 0 Å². The zero-order valence-electron chi connectivity index (χ0n) is 20.2. The van der Waals surface area contributed by atoms with Crippen molar-refractivity contribution in [1.82, 2.24) is 14.5 Å². The third-order valence-corrected chi connectivity index (χ3v) is 8.98. The monoisotopic (exact) mass is 501 g/mol. The predicted molar refractivity (Wildman–Crippen MR) is 162 cm³/mol. The summed E-state index contributed by atoms with van der Waals surface area (Å²) in [4.78, 5) is 9.74. The van der Waals surface area contributed by atoms with Crippen LogP contribution in [0.3, 0.4) is 0 Å². The van der Waals surface area contributed by atoms with Gasteiger partial charge in [-0.25, -0.2) is 0 Å². The van der Waals surface area contributed by atoms with Crippen molar-refractivity contribution in [2.45, 2.75) is 0 Å². The molecular weight excluding hydrogens is 482 g/mol. The number of nitrogens with zero attached hydrogens (tertiary/aromatic N) is 3. The lowest BCUT2D eigenvalue weighted by atomic mass is 9.95. The minimum Gasteiger partial charge on any atom is -0.309 e. The summed E-state index contributed by atoms with van der Waals surface area (Å²) < 4.78 is 5.01. The van der Waals surface area contributed by atoms with E-state index in [9.17, 15) is 0 Å². The van der Waals surface area contributed by atoms with E-state index < -0.39 is 0 Å². The Morgan fingerprint density at radius 1 is 0.500 bits per heavy atom. The molecule has 0 fully saturated rings. The van der Waals surface area contributed by atoms with Gasteiger partial charge in [-0.3, -0.25) is 9.97 Å². The Kier molecular flexibility index (Phi) is 3.93. The van der Waals surface area contributed by atoms with Crippen LogP contribution < -0.4 is 0 Å². The van der Waals surface area contributed by atoms with Gasteiger partial charge in [-0.1, -0.05) is 66.7 Å². The molecule has 0 bridgehead atoms. The molecule has 3 nitrogen and oxygen atoms in total. The lowest BCUT2D eigenvalue weighted by Gasteiger charge is -2.14. The zero-order valence-corrected chi connectivity index (χ0v) is 21.0. The Hall–Kier alpha value is -4.80. The maximum atomic E-state index is 4.88. The fraction of sp³-hybridized carbons (Fsp3) is 0. The van der Waals surface area contributed by atoms with E-state index >= 15 is 0 Å². The van der Waals surface area contributed by atoms with Gasteiger partial charge in [-0.05, 0) is 41.8 Å². The van der Waals surface area contributed by atoms with Crippen molar-refractivity contribution in [3.63, 3.8) is 0 Å². The number of thiophene rings is 1. The van der Waals surface area contributed by atoms with Crippen molar-refractivity contribution >= 4 is 85.9 Å². The fourth-order valence-electron chi connectivity index (χ4n) is 6.28. The summed E-state index contributed by atoms with van der Waals surface area (Å²) in [5.74, 6) is 0.